The molecule has 0 aromatic heterocycles. The van der Waals surface area contributed by atoms with Crippen molar-refractivity contribution < 1.29 is 18.3 Å². The second-order valence-electron chi connectivity index (χ2n) is 3.64. The van der Waals surface area contributed by atoms with Crippen LogP contribution in [0.15, 0.2) is 28.7 Å². The Morgan fingerprint density at radius 3 is 2.32 bits per heavy atom. The lowest BCUT2D eigenvalue weighted by atomic mass is 10.3. The molecule has 0 saturated carbocycles. The number of anilines is 1. The van der Waals surface area contributed by atoms with Crippen molar-refractivity contribution >= 4 is 37.7 Å². The molecule has 0 spiro atoms. The Hall–Kier alpha value is -1.12. The number of carbonyl (C=O) groups is 1. The van der Waals surface area contributed by atoms with Crippen molar-refractivity contribution in [2.75, 3.05) is 24.5 Å². The van der Waals surface area contributed by atoms with Gasteiger partial charge in [-0.2, -0.15) is 8.42 Å². The minimum Gasteiger partial charge on any atom is -0.397 e. The topological polar surface area (TPSA) is 77.9 Å². The first-order chi connectivity index (χ1) is 8.86. The summed E-state index contributed by atoms with van der Waals surface area (Å²) >= 11 is 3.26. The molecule has 106 valence electrons. The standard InChI is InChI=1S/C9H9BrN2O3S.C2H6O/c1-11-9(13)6-12(16(11,14)15)8-5-3-2-4-7(8)10;1-2-3/h2-5H,6H2,1H3;3H,2H2,1H3. The van der Waals surface area contributed by atoms with Gasteiger partial charge >= 0.3 is 10.2 Å². The highest BCUT2D eigenvalue weighted by molar-refractivity contribution is 9.10. The van der Waals surface area contributed by atoms with Crippen molar-refractivity contribution in [2.24, 2.45) is 0 Å². The minimum absolute atomic E-state index is 0.151. The molecule has 1 amide bonds. The number of rotatable bonds is 1. The Bertz CT molecular complexity index is 562. The van der Waals surface area contributed by atoms with Crippen LogP contribution in [0, 0.1) is 0 Å². The Kier molecular flexibility index (Phi) is 5.33. The minimum atomic E-state index is -3.70. The SMILES string of the molecule is CCO.CN1C(=O)CN(c2ccccc2Br)S1(=O)=O. The zero-order chi connectivity index (χ0) is 14.6. The maximum atomic E-state index is 11.9. The predicted octanol–water partition coefficient (Wildman–Crippen LogP) is 0.971. The van der Waals surface area contributed by atoms with Gasteiger partial charge in [0, 0.05) is 18.1 Å². The molecule has 6 nitrogen and oxygen atoms in total. The molecule has 2 rings (SSSR count). The van der Waals surface area contributed by atoms with Crippen LogP contribution in [-0.2, 0) is 15.0 Å². The molecule has 1 aromatic carbocycles. The summed E-state index contributed by atoms with van der Waals surface area (Å²) in [5, 5.41) is 7.57. The number of carbonyl (C=O) groups excluding carboxylic acids is 1. The van der Waals surface area contributed by atoms with Crippen molar-refractivity contribution in [3.63, 3.8) is 0 Å². The van der Waals surface area contributed by atoms with Crippen LogP contribution >= 0.6 is 15.9 Å². The van der Waals surface area contributed by atoms with Gasteiger partial charge in [-0.1, -0.05) is 12.1 Å². The van der Waals surface area contributed by atoms with Gasteiger partial charge in [-0.25, -0.2) is 8.61 Å². The summed E-state index contributed by atoms with van der Waals surface area (Å²) < 4.78 is 26.2. The van der Waals surface area contributed by atoms with E-state index < -0.39 is 16.1 Å². The zero-order valence-electron chi connectivity index (χ0n) is 10.6. The van der Waals surface area contributed by atoms with Crippen molar-refractivity contribution in [1.29, 1.82) is 0 Å². The normalized spacial score (nSPS) is 17.2. The van der Waals surface area contributed by atoms with Crippen LogP contribution in [0.5, 0.6) is 0 Å². The van der Waals surface area contributed by atoms with Gasteiger partial charge in [-0.05, 0) is 35.0 Å². The fraction of sp³-hybridized carbons (Fsp3) is 0.364. The maximum absolute atomic E-state index is 11.9. The van der Waals surface area contributed by atoms with Crippen molar-refractivity contribution in [2.45, 2.75) is 6.92 Å². The molecule has 0 unspecified atom stereocenters. The van der Waals surface area contributed by atoms with Gasteiger partial charge in [0.1, 0.15) is 6.54 Å². The monoisotopic (exact) mass is 350 g/mol. The lowest BCUT2D eigenvalue weighted by molar-refractivity contribution is -0.123. The summed E-state index contributed by atoms with van der Waals surface area (Å²) in [4.78, 5) is 11.4. The van der Waals surface area contributed by atoms with E-state index in [1.807, 2.05) is 0 Å². The third kappa shape index (κ3) is 3.26. The molecule has 8 heteroatoms. The van der Waals surface area contributed by atoms with Gasteiger partial charge in [0.05, 0.1) is 5.69 Å². The number of hydrogen-bond donors (Lipinski definition) is 1. The van der Waals surface area contributed by atoms with Gasteiger partial charge in [-0.3, -0.25) is 4.79 Å². The molecule has 1 aliphatic heterocycles. The smallest absolute Gasteiger partial charge is 0.328 e. The van der Waals surface area contributed by atoms with Crippen LogP contribution in [0.25, 0.3) is 0 Å². The number of benzene rings is 1. The summed E-state index contributed by atoms with van der Waals surface area (Å²) in [5.41, 5.74) is 0.472. The first-order valence-electron chi connectivity index (χ1n) is 5.51. The van der Waals surface area contributed by atoms with E-state index in [1.54, 1.807) is 31.2 Å². The molecule has 0 aliphatic carbocycles. The van der Waals surface area contributed by atoms with Crippen LogP contribution < -0.4 is 4.31 Å². The number of para-hydroxylation sites is 1. The number of hydrogen-bond acceptors (Lipinski definition) is 4. The number of aliphatic hydroxyl groups is 1. The van der Waals surface area contributed by atoms with Crippen molar-refractivity contribution in [3.8, 4) is 0 Å². The molecular formula is C11H15BrN2O4S. The Morgan fingerprint density at radius 1 is 1.37 bits per heavy atom. The molecule has 19 heavy (non-hydrogen) atoms. The van der Waals surface area contributed by atoms with E-state index in [4.69, 9.17) is 5.11 Å². The molecule has 1 heterocycles. The van der Waals surface area contributed by atoms with E-state index in [0.29, 0.717) is 10.2 Å². The molecule has 1 saturated heterocycles. The number of aliphatic hydroxyl groups excluding tert-OH is 1. The third-order valence-electron chi connectivity index (χ3n) is 2.38. The first-order valence-corrected chi connectivity index (χ1v) is 7.70. The molecule has 1 fully saturated rings. The average molecular weight is 351 g/mol. The fourth-order valence-electron chi connectivity index (χ4n) is 1.44. The lowest BCUT2D eigenvalue weighted by Crippen LogP contribution is -2.31. The third-order valence-corrected chi connectivity index (χ3v) is 4.82. The molecule has 0 atom stereocenters. The highest BCUT2D eigenvalue weighted by atomic mass is 79.9. The van der Waals surface area contributed by atoms with Crippen LogP contribution in [0.2, 0.25) is 0 Å². The average Bonchev–Trinajstić information content (AvgIpc) is 2.55. The van der Waals surface area contributed by atoms with Crippen LogP contribution in [0.3, 0.4) is 0 Å². The summed E-state index contributed by atoms with van der Waals surface area (Å²) in [6.45, 7) is 1.78. The van der Waals surface area contributed by atoms with E-state index in [2.05, 4.69) is 15.9 Å². The molecular weight excluding hydrogens is 336 g/mol. The number of likely N-dealkylation sites (N-methyl/N-ethyl adjacent to an activating group) is 1. The molecule has 0 bridgehead atoms. The highest BCUT2D eigenvalue weighted by Crippen LogP contribution is 2.31. The number of amides is 1. The highest BCUT2D eigenvalue weighted by Gasteiger charge is 2.40. The largest absolute Gasteiger partial charge is 0.397 e. The van der Waals surface area contributed by atoms with E-state index in [0.717, 1.165) is 8.61 Å². The van der Waals surface area contributed by atoms with Crippen LogP contribution in [0.4, 0.5) is 5.69 Å². The predicted molar refractivity (Wildman–Crippen MR) is 75.9 cm³/mol. The van der Waals surface area contributed by atoms with Gasteiger partial charge < -0.3 is 5.11 Å². The maximum Gasteiger partial charge on any atom is 0.328 e. The van der Waals surface area contributed by atoms with E-state index in [9.17, 15) is 13.2 Å². The van der Waals surface area contributed by atoms with Crippen LogP contribution in [-0.4, -0.2) is 43.9 Å². The van der Waals surface area contributed by atoms with Crippen molar-refractivity contribution in [1.82, 2.24) is 4.31 Å². The van der Waals surface area contributed by atoms with Crippen molar-refractivity contribution in [3.05, 3.63) is 28.7 Å². The molecule has 1 aromatic rings. The summed E-state index contributed by atoms with van der Waals surface area (Å²) in [5.74, 6) is -0.434. The molecule has 1 N–H and O–H groups in total. The van der Waals surface area contributed by atoms with Gasteiger partial charge in [-0.15, -0.1) is 0 Å². The number of halogens is 1. The summed E-state index contributed by atoms with van der Waals surface area (Å²) in [6.07, 6.45) is 0. The van der Waals surface area contributed by atoms with E-state index >= 15 is 0 Å². The molecule has 0 radical (unpaired) electrons. The Labute approximate surface area is 120 Å². The Balaban J connectivity index is 0.000000550. The summed E-state index contributed by atoms with van der Waals surface area (Å²) in [6, 6.07) is 6.88. The second kappa shape index (κ2) is 6.36. The zero-order valence-corrected chi connectivity index (χ0v) is 13.0. The lowest BCUT2D eigenvalue weighted by Gasteiger charge is -2.18. The van der Waals surface area contributed by atoms with Gasteiger partial charge in [0.2, 0.25) is 0 Å². The summed E-state index contributed by atoms with van der Waals surface area (Å²) in [7, 11) is -2.44. The van der Waals surface area contributed by atoms with Gasteiger partial charge in [0.25, 0.3) is 5.91 Å². The van der Waals surface area contributed by atoms with Crippen LogP contribution in [0.1, 0.15) is 6.92 Å². The fourth-order valence-corrected chi connectivity index (χ4v) is 3.35. The number of nitrogens with zero attached hydrogens (tertiary/aromatic N) is 2. The Morgan fingerprint density at radius 2 is 1.89 bits per heavy atom. The van der Waals surface area contributed by atoms with E-state index in [1.165, 1.54) is 7.05 Å². The first kappa shape index (κ1) is 15.9. The van der Waals surface area contributed by atoms with Gasteiger partial charge in [0.15, 0.2) is 0 Å². The quantitative estimate of drug-likeness (QED) is 0.818. The second-order valence-corrected chi connectivity index (χ2v) is 6.38. The molecule has 1 aliphatic rings. The van der Waals surface area contributed by atoms with E-state index in [-0.39, 0.29) is 13.2 Å².